The Balaban J connectivity index is 1.86. The number of alkyl halides is 1. The number of rotatable bonds is 2. The van der Waals surface area contributed by atoms with Crippen molar-refractivity contribution in [2.75, 3.05) is 11.4 Å². The largest absolute Gasteiger partial charge is 0.366 e. The number of nitrogens with zero attached hydrogens (tertiary/aromatic N) is 2. The van der Waals surface area contributed by atoms with Crippen molar-refractivity contribution < 1.29 is 0 Å². The van der Waals surface area contributed by atoms with E-state index in [1.54, 1.807) is 0 Å². The van der Waals surface area contributed by atoms with Gasteiger partial charge in [0.1, 0.15) is 0 Å². The molecule has 0 fully saturated rings. The summed E-state index contributed by atoms with van der Waals surface area (Å²) < 4.78 is 0. The summed E-state index contributed by atoms with van der Waals surface area (Å²) in [5.74, 6) is 0.501. The fourth-order valence-electron chi connectivity index (χ4n) is 2.46. The van der Waals surface area contributed by atoms with E-state index in [1.165, 1.54) is 11.1 Å². The SMILES string of the molecule is ClCc1cncc(N2CCc3cc(Cl)ccc3C2)c1. The van der Waals surface area contributed by atoms with E-state index in [0.717, 1.165) is 35.8 Å². The van der Waals surface area contributed by atoms with Crippen LogP contribution < -0.4 is 4.90 Å². The Morgan fingerprint density at radius 2 is 2.05 bits per heavy atom. The van der Waals surface area contributed by atoms with Crippen molar-refractivity contribution in [3.8, 4) is 0 Å². The topological polar surface area (TPSA) is 16.1 Å². The van der Waals surface area contributed by atoms with E-state index in [1.807, 2.05) is 18.5 Å². The predicted octanol–water partition coefficient (Wildman–Crippen LogP) is 4.04. The Labute approximate surface area is 123 Å². The standard InChI is InChI=1S/C15H14Cl2N2/c16-7-11-5-15(9-18-8-11)19-4-3-12-6-14(17)2-1-13(12)10-19/h1-2,5-6,8-9H,3-4,7,10H2. The molecule has 0 N–H and O–H groups in total. The molecule has 0 bridgehead atoms. The molecule has 0 spiro atoms. The van der Waals surface area contributed by atoms with E-state index in [9.17, 15) is 0 Å². The van der Waals surface area contributed by atoms with E-state index in [4.69, 9.17) is 23.2 Å². The molecule has 0 radical (unpaired) electrons. The highest BCUT2D eigenvalue weighted by atomic mass is 35.5. The van der Waals surface area contributed by atoms with Gasteiger partial charge in [0.2, 0.25) is 0 Å². The first-order valence-electron chi connectivity index (χ1n) is 6.28. The number of fused-ring (bicyclic) bond motifs is 1. The van der Waals surface area contributed by atoms with Crippen LogP contribution in [0.5, 0.6) is 0 Å². The number of hydrogen-bond donors (Lipinski definition) is 0. The van der Waals surface area contributed by atoms with E-state index in [0.29, 0.717) is 5.88 Å². The number of halogens is 2. The highest BCUT2D eigenvalue weighted by molar-refractivity contribution is 6.30. The van der Waals surface area contributed by atoms with Crippen molar-refractivity contribution in [3.05, 3.63) is 58.4 Å². The van der Waals surface area contributed by atoms with E-state index >= 15 is 0 Å². The minimum Gasteiger partial charge on any atom is -0.366 e. The zero-order valence-corrected chi connectivity index (χ0v) is 12.0. The van der Waals surface area contributed by atoms with Gasteiger partial charge in [-0.1, -0.05) is 17.7 Å². The highest BCUT2D eigenvalue weighted by Crippen LogP contribution is 2.26. The molecule has 0 unspecified atom stereocenters. The van der Waals surface area contributed by atoms with Crippen LogP contribution in [0.25, 0.3) is 0 Å². The molecule has 3 rings (SSSR count). The maximum absolute atomic E-state index is 6.03. The van der Waals surface area contributed by atoms with Crippen LogP contribution in [0.1, 0.15) is 16.7 Å². The molecule has 1 aromatic carbocycles. The number of benzene rings is 1. The van der Waals surface area contributed by atoms with Gasteiger partial charge < -0.3 is 4.90 Å². The lowest BCUT2D eigenvalue weighted by molar-refractivity contribution is 0.729. The maximum Gasteiger partial charge on any atom is 0.0559 e. The predicted molar refractivity (Wildman–Crippen MR) is 80.0 cm³/mol. The molecule has 0 atom stereocenters. The first kappa shape index (κ1) is 12.8. The third-order valence-corrected chi connectivity index (χ3v) is 4.02. The van der Waals surface area contributed by atoms with Gasteiger partial charge in [0.15, 0.2) is 0 Å². The van der Waals surface area contributed by atoms with Crippen LogP contribution in [0.4, 0.5) is 5.69 Å². The van der Waals surface area contributed by atoms with Gasteiger partial charge in [0.05, 0.1) is 11.9 Å². The van der Waals surface area contributed by atoms with E-state index < -0.39 is 0 Å². The third kappa shape index (κ3) is 2.70. The van der Waals surface area contributed by atoms with Crippen molar-refractivity contribution in [3.63, 3.8) is 0 Å². The summed E-state index contributed by atoms with van der Waals surface area (Å²) in [7, 11) is 0. The van der Waals surface area contributed by atoms with Gasteiger partial charge in [0.25, 0.3) is 0 Å². The van der Waals surface area contributed by atoms with Crippen LogP contribution >= 0.6 is 23.2 Å². The lowest BCUT2D eigenvalue weighted by Crippen LogP contribution is -2.30. The molecule has 2 aromatic rings. The van der Waals surface area contributed by atoms with Gasteiger partial charge >= 0.3 is 0 Å². The molecule has 0 saturated heterocycles. The molecule has 1 aliphatic heterocycles. The van der Waals surface area contributed by atoms with Crippen LogP contribution in [0.2, 0.25) is 5.02 Å². The second-order valence-electron chi connectivity index (χ2n) is 4.77. The number of anilines is 1. The molecule has 1 aliphatic rings. The number of aromatic nitrogens is 1. The Morgan fingerprint density at radius 3 is 2.89 bits per heavy atom. The monoisotopic (exact) mass is 292 g/mol. The Bertz CT molecular complexity index is 598. The quantitative estimate of drug-likeness (QED) is 0.777. The van der Waals surface area contributed by atoms with Crippen LogP contribution in [-0.4, -0.2) is 11.5 Å². The molecule has 19 heavy (non-hydrogen) atoms. The van der Waals surface area contributed by atoms with Crippen molar-refractivity contribution in [2.45, 2.75) is 18.8 Å². The first-order chi connectivity index (χ1) is 9.26. The summed E-state index contributed by atoms with van der Waals surface area (Å²) >= 11 is 11.9. The molecule has 98 valence electrons. The van der Waals surface area contributed by atoms with Gasteiger partial charge in [-0.3, -0.25) is 4.98 Å². The second kappa shape index (κ2) is 5.40. The molecule has 2 nitrogen and oxygen atoms in total. The van der Waals surface area contributed by atoms with Gasteiger partial charge in [-0.05, 0) is 41.3 Å². The molecule has 1 aromatic heterocycles. The average Bonchev–Trinajstić information content (AvgIpc) is 2.46. The smallest absolute Gasteiger partial charge is 0.0559 e. The fourth-order valence-corrected chi connectivity index (χ4v) is 2.80. The zero-order chi connectivity index (χ0) is 13.2. The van der Waals surface area contributed by atoms with Crippen molar-refractivity contribution >= 4 is 28.9 Å². The molecule has 0 saturated carbocycles. The lowest BCUT2D eigenvalue weighted by atomic mass is 9.99. The molecule has 2 heterocycles. The third-order valence-electron chi connectivity index (χ3n) is 3.48. The number of pyridine rings is 1. The highest BCUT2D eigenvalue weighted by Gasteiger charge is 2.17. The normalized spacial score (nSPS) is 14.3. The van der Waals surface area contributed by atoms with Crippen LogP contribution in [0.3, 0.4) is 0 Å². The Kier molecular flexibility index (Phi) is 3.63. The van der Waals surface area contributed by atoms with Crippen LogP contribution in [0, 0.1) is 0 Å². The van der Waals surface area contributed by atoms with Crippen molar-refractivity contribution in [1.82, 2.24) is 4.98 Å². The minimum atomic E-state index is 0.501. The van der Waals surface area contributed by atoms with Crippen molar-refractivity contribution in [1.29, 1.82) is 0 Å². The summed E-state index contributed by atoms with van der Waals surface area (Å²) in [6.45, 7) is 1.89. The Hall–Kier alpha value is -1.25. The fraction of sp³-hybridized carbons (Fsp3) is 0.267. The summed E-state index contributed by atoms with van der Waals surface area (Å²) in [5, 5.41) is 0.818. The summed E-state index contributed by atoms with van der Waals surface area (Å²) in [6, 6.07) is 8.25. The van der Waals surface area contributed by atoms with E-state index in [-0.39, 0.29) is 0 Å². The van der Waals surface area contributed by atoms with Crippen LogP contribution in [-0.2, 0) is 18.8 Å². The minimum absolute atomic E-state index is 0.501. The molecule has 4 heteroatoms. The lowest BCUT2D eigenvalue weighted by Gasteiger charge is -2.30. The second-order valence-corrected chi connectivity index (χ2v) is 5.47. The maximum atomic E-state index is 6.03. The van der Waals surface area contributed by atoms with Crippen molar-refractivity contribution in [2.24, 2.45) is 0 Å². The Morgan fingerprint density at radius 1 is 1.16 bits per heavy atom. The van der Waals surface area contributed by atoms with Gasteiger partial charge in [-0.2, -0.15) is 0 Å². The molecular formula is C15H14Cl2N2. The summed E-state index contributed by atoms with van der Waals surface area (Å²) in [5.41, 5.74) is 4.89. The first-order valence-corrected chi connectivity index (χ1v) is 7.19. The molecular weight excluding hydrogens is 279 g/mol. The molecule has 0 amide bonds. The zero-order valence-electron chi connectivity index (χ0n) is 10.4. The molecule has 0 aliphatic carbocycles. The van der Waals surface area contributed by atoms with Gasteiger partial charge in [0, 0.05) is 30.2 Å². The van der Waals surface area contributed by atoms with Gasteiger partial charge in [-0.25, -0.2) is 0 Å². The van der Waals surface area contributed by atoms with E-state index in [2.05, 4.69) is 28.1 Å². The van der Waals surface area contributed by atoms with Crippen LogP contribution in [0.15, 0.2) is 36.7 Å². The number of hydrogen-bond acceptors (Lipinski definition) is 2. The van der Waals surface area contributed by atoms with Gasteiger partial charge in [-0.15, -0.1) is 11.6 Å². The average molecular weight is 293 g/mol. The summed E-state index contributed by atoms with van der Waals surface area (Å²) in [4.78, 5) is 6.59. The summed E-state index contributed by atoms with van der Waals surface area (Å²) in [6.07, 6.45) is 4.73.